The van der Waals surface area contributed by atoms with E-state index in [0.29, 0.717) is 13.2 Å². The Morgan fingerprint density at radius 2 is 2.00 bits per heavy atom. The molecule has 2 unspecified atom stereocenters. The first-order valence-corrected chi connectivity index (χ1v) is 5.68. The number of nitrogens with one attached hydrogen (secondary N) is 1. The maximum absolute atomic E-state index is 12.0. The van der Waals surface area contributed by atoms with Crippen LogP contribution in [0.5, 0.6) is 0 Å². The highest BCUT2D eigenvalue weighted by molar-refractivity contribution is 5.85. The number of rotatable bonds is 2. The summed E-state index contributed by atoms with van der Waals surface area (Å²) in [5.41, 5.74) is -1.27. The SMILES string of the molecule is CC1CN(C(=O)NC(C)(C)C(=O)O)C(C)CO1. The zero-order chi connectivity index (χ0) is 13.2. The standard InChI is InChI=1S/C11H20N2O4/c1-7-6-17-8(2)5-13(7)10(16)12-11(3,4)9(14)15/h7-8H,5-6H2,1-4H3,(H,12,16)(H,14,15). The zero-order valence-electron chi connectivity index (χ0n) is 10.7. The molecule has 0 aromatic rings. The van der Waals surface area contributed by atoms with Gasteiger partial charge in [0, 0.05) is 6.54 Å². The lowest BCUT2D eigenvalue weighted by molar-refractivity contribution is -0.143. The number of carbonyl (C=O) groups excluding carboxylic acids is 1. The molecule has 0 spiro atoms. The van der Waals surface area contributed by atoms with Crippen molar-refractivity contribution in [3.8, 4) is 0 Å². The number of nitrogens with zero attached hydrogens (tertiary/aromatic N) is 1. The Hall–Kier alpha value is -1.30. The third kappa shape index (κ3) is 3.33. The Labute approximate surface area is 101 Å². The average Bonchev–Trinajstić information content (AvgIpc) is 2.20. The Balaban J connectivity index is 2.66. The van der Waals surface area contributed by atoms with Gasteiger partial charge in [0.2, 0.25) is 0 Å². The number of amides is 2. The van der Waals surface area contributed by atoms with Crippen molar-refractivity contribution in [2.24, 2.45) is 0 Å². The first kappa shape index (κ1) is 13.8. The van der Waals surface area contributed by atoms with Gasteiger partial charge in [-0.05, 0) is 27.7 Å². The summed E-state index contributed by atoms with van der Waals surface area (Å²) < 4.78 is 5.41. The smallest absolute Gasteiger partial charge is 0.328 e. The van der Waals surface area contributed by atoms with Crippen LogP contribution < -0.4 is 5.32 Å². The maximum Gasteiger partial charge on any atom is 0.328 e. The molecule has 1 rings (SSSR count). The van der Waals surface area contributed by atoms with Crippen molar-refractivity contribution in [3.63, 3.8) is 0 Å². The molecule has 6 nitrogen and oxygen atoms in total. The van der Waals surface area contributed by atoms with Crippen LogP contribution in [0.4, 0.5) is 4.79 Å². The van der Waals surface area contributed by atoms with E-state index >= 15 is 0 Å². The normalized spacial score (nSPS) is 25.5. The lowest BCUT2D eigenvalue weighted by Gasteiger charge is -2.38. The second kappa shape index (κ2) is 4.91. The van der Waals surface area contributed by atoms with Crippen molar-refractivity contribution in [3.05, 3.63) is 0 Å². The van der Waals surface area contributed by atoms with Crippen LogP contribution in [-0.4, -0.2) is 52.8 Å². The van der Waals surface area contributed by atoms with E-state index in [1.165, 1.54) is 13.8 Å². The van der Waals surface area contributed by atoms with Crippen LogP contribution in [0.3, 0.4) is 0 Å². The molecule has 0 aromatic heterocycles. The molecule has 0 radical (unpaired) electrons. The molecule has 1 aliphatic rings. The average molecular weight is 244 g/mol. The molecule has 1 fully saturated rings. The van der Waals surface area contributed by atoms with Crippen molar-refractivity contribution >= 4 is 12.0 Å². The van der Waals surface area contributed by atoms with E-state index in [-0.39, 0.29) is 18.2 Å². The van der Waals surface area contributed by atoms with Crippen LogP contribution >= 0.6 is 0 Å². The molecular formula is C11H20N2O4. The number of urea groups is 1. The number of carbonyl (C=O) groups is 2. The molecule has 1 aliphatic heterocycles. The van der Waals surface area contributed by atoms with Crippen LogP contribution in [0.2, 0.25) is 0 Å². The summed E-state index contributed by atoms with van der Waals surface area (Å²) in [7, 11) is 0. The second-order valence-corrected chi connectivity index (χ2v) is 5.01. The van der Waals surface area contributed by atoms with Crippen molar-refractivity contribution in [2.45, 2.75) is 45.4 Å². The van der Waals surface area contributed by atoms with Gasteiger partial charge in [-0.2, -0.15) is 0 Å². The maximum atomic E-state index is 12.0. The topological polar surface area (TPSA) is 78.9 Å². The summed E-state index contributed by atoms with van der Waals surface area (Å²) in [4.78, 5) is 24.5. The quantitative estimate of drug-likeness (QED) is 0.748. The van der Waals surface area contributed by atoms with Gasteiger partial charge in [0.05, 0.1) is 18.8 Å². The summed E-state index contributed by atoms with van der Waals surface area (Å²) in [5.74, 6) is -1.06. The Bertz CT molecular complexity index is 317. The van der Waals surface area contributed by atoms with Crippen LogP contribution in [0.1, 0.15) is 27.7 Å². The monoisotopic (exact) mass is 244 g/mol. The number of morpholine rings is 1. The van der Waals surface area contributed by atoms with Gasteiger partial charge < -0.3 is 20.1 Å². The minimum Gasteiger partial charge on any atom is -0.480 e. The predicted octanol–water partition coefficient (Wildman–Crippen LogP) is 0.668. The first-order valence-electron chi connectivity index (χ1n) is 5.68. The van der Waals surface area contributed by atoms with Gasteiger partial charge in [-0.3, -0.25) is 0 Å². The van der Waals surface area contributed by atoms with Crippen LogP contribution in [-0.2, 0) is 9.53 Å². The Morgan fingerprint density at radius 3 is 2.53 bits per heavy atom. The van der Waals surface area contributed by atoms with E-state index in [1.807, 2.05) is 13.8 Å². The molecule has 2 atom stereocenters. The van der Waals surface area contributed by atoms with Crippen LogP contribution in [0.15, 0.2) is 0 Å². The van der Waals surface area contributed by atoms with E-state index < -0.39 is 11.5 Å². The van der Waals surface area contributed by atoms with Gasteiger partial charge in [-0.25, -0.2) is 9.59 Å². The molecule has 2 amide bonds. The van der Waals surface area contributed by atoms with Gasteiger partial charge in [0.15, 0.2) is 0 Å². The van der Waals surface area contributed by atoms with Crippen molar-refractivity contribution in [2.75, 3.05) is 13.2 Å². The van der Waals surface area contributed by atoms with E-state index in [4.69, 9.17) is 9.84 Å². The van der Waals surface area contributed by atoms with Gasteiger partial charge in [0.1, 0.15) is 5.54 Å². The molecule has 0 aliphatic carbocycles. The van der Waals surface area contributed by atoms with Gasteiger partial charge in [-0.1, -0.05) is 0 Å². The van der Waals surface area contributed by atoms with Crippen LogP contribution in [0, 0.1) is 0 Å². The fraction of sp³-hybridized carbons (Fsp3) is 0.818. The fourth-order valence-electron chi connectivity index (χ4n) is 1.58. The van der Waals surface area contributed by atoms with Gasteiger partial charge >= 0.3 is 12.0 Å². The molecule has 98 valence electrons. The number of hydrogen-bond donors (Lipinski definition) is 2. The number of aliphatic carboxylic acids is 1. The molecule has 0 saturated carbocycles. The van der Waals surface area contributed by atoms with Crippen LogP contribution in [0.25, 0.3) is 0 Å². The Kier molecular flexibility index (Phi) is 3.98. The van der Waals surface area contributed by atoms with Gasteiger partial charge in [0.25, 0.3) is 0 Å². The first-order chi connectivity index (χ1) is 7.74. The minimum atomic E-state index is -1.27. The highest BCUT2D eigenvalue weighted by Gasteiger charge is 2.34. The third-order valence-electron chi connectivity index (χ3n) is 2.82. The minimum absolute atomic E-state index is 0.0232. The molecule has 2 N–H and O–H groups in total. The lowest BCUT2D eigenvalue weighted by Crippen LogP contribution is -2.59. The van der Waals surface area contributed by atoms with E-state index in [2.05, 4.69) is 5.32 Å². The molecule has 17 heavy (non-hydrogen) atoms. The highest BCUT2D eigenvalue weighted by atomic mass is 16.5. The van der Waals surface area contributed by atoms with Gasteiger partial charge in [-0.15, -0.1) is 0 Å². The molecular weight excluding hydrogens is 224 g/mol. The van der Waals surface area contributed by atoms with E-state index in [9.17, 15) is 9.59 Å². The third-order valence-corrected chi connectivity index (χ3v) is 2.82. The fourth-order valence-corrected chi connectivity index (χ4v) is 1.58. The van der Waals surface area contributed by atoms with E-state index in [1.54, 1.807) is 4.90 Å². The zero-order valence-corrected chi connectivity index (χ0v) is 10.7. The number of carboxylic acid groups (broad SMARTS) is 1. The number of hydrogen-bond acceptors (Lipinski definition) is 3. The molecule has 1 saturated heterocycles. The van der Waals surface area contributed by atoms with E-state index in [0.717, 1.165) is 0 Å². The Morgan fingerprint density at radius 1 is 1.41 bits per heavy atom. The van der Waals surface area contributed by atoms with Crippen molar-refractivity contribution in [1.29, 1.82) is 0 Å². The molecule has 0 bridgehead atoms. The summed E-state index contributed by atoms with van der Waals surface area (Å²) in [6, 6.07) is -0.407. The highest BCUT2D eigenvalue weighted by Crippen LogP contribution is 2.13. The van der Waals surface area contributed by atoms with Crippen molar-refractivity contribution in [1.82, 2.24) is 10.2 Å². The number of ether oxygens (including phenoxy) is 1. The summed E-state index contributed by atoms with van der Waals surface area (Å²) >= 11 is 0. The lowest BCUT2D eigenvalue weighted by atomic mass is 10.1. The summed E-state index contributed by atoms with van der Waals surface area (Å²) in [6.45, 7) is 7.63. The molecule has 0 aromatic carbocycles. The summed E-state index contributed by atoms with van der Waals surface area (Å²) in [6.07, 6.45) is -0.0232. The largest absolute Gasteiger partial charge is 0.480 e. The molecule has 6 heteroatoms. The number of carboxylic acids is 1. The predicted molar refractivity (Wildman–Crippen MR) is 61.8 cm³/mol. The second-order valence-electron chi connectivity index (χ2n) is 5.01. The summed E-state index contributed by atoms with van der Waals surface area (Å²) in [5, 5.41) is 11.5. The molecule has 1 heterocycles. The van der Waals surface area contributed by atoms with Crippen molar-refractivity contribution < 1.29 is 19.4 Å².